The van der Waals surface area contributed by atoms with Crippen LogP contribution in [0.25, 0.3) is 10.8 Å². The summed E-state index contributed by atoms with van der Waals surface area (Å²) in [5.74, 6) is 0.0607. The monoisotopic (exact) mass is 334 g/mol. The molecule has 1 fully saturated rings. The maximum absolute atomic E-state index is 12.6. The van der Waals surface area contributed by atoms with Crippen molar-refractivity contribution in [1.82, 2.24) is 9.47 Å². The zero-order chi connectivity index (χ0) is 17.4. The molecule has 0 radical (unpaired) electrons. The number of β-amino-alcohol motifs (C(OH)–C–C–N with tert-alkyl or cyclic N) is 1. The topological polar surface area (TPSA) is 45.5 Å². The molecule has 128 valence electrons. The highest BCUT2D eigenvalue weighted by atomic mass is 16.3. The maximum Gasteiger partial charge on any atom is 0.270 e. The molecule has 0 aliphatic carbocycles. The summed E-state index contributed by atoms with van der Waals surface area (Å²) < 4.78 is 1.82. The number of aromatic nitrogens is 1. The molecule has 1 N–H and O–H groups in total. The molecule has 2 aromatic carbocycles. The summed E-state index contributed by atoms with van der Waals surface area (Å²) in [5.41, 5.74) is 1.81. The third-order valence-electron chi connectivity index (χ3n) is 5.23. The Morgan fingerprint density at radius 3 is 2.60 bits per heavy atom. The number of carbonyl (C=O) groups is 1. The van der Waals surface area contributed by atoms with Crippen LogP contribution in [0.5, 0.6) is 0 Å². The number of aliphatic hydroxyl groups excluding tert-OH is 1. The van der Waals surface area contributed by atoms with Gasteiger partial charge in [0.15, 0.2) is 0 Å². The van der Waals surface area contributed by atoms with E-state index in [9.17, 15) is 9.90 Å². The Morgan fingerprint density at radius 1 is 1.08 bits per heavy atom. The van der Waals surface area contributed by atoms with E-state index in [2.05, 4.69) is 30.3 Å². The lowest BCUT2D eigenvalue weighted by Crippen LogP contribution is -2.46. The van der Waals surface area contributed by atoms with Gasteiger partial charge in [-0.25, -0.2) is 0 Å². The van der Waals surface area contributed by atoms with E-state index in [1.165, 1.54) is 10.8 Å². The highest BCUT2D eigenvalue weighted by Gasteiger charge is 2.32. The normalized spacial score (nSPS) is 20.8. The number of fused-ring (bicyclic) bond motifs is 1. The van der Waals surface area contributed by atoms with Gasteiger partial charge in [-0.15, -0.1) is 0 Å². The molecule has 1 aliphatic heterocycles. The van der Waals surface area contributed by atoms with Crippen molar-refractivity contribution < 1.29 is 9.90 Å². The fourth-order valence-corrected chi connectivity index (χ4v) is 3.79. The Hall–Kier alpha value is -2.59. The van der Waals surface area contributed by atoms with Gasteiger partial charge in [0.1, 0.15) is 5.69 Å². The summed E-state index contributed by atoms with van der Waals surface area (Å²) in [4.78, 5) is 14.4. The molecule has 1 amide bonds. The molecule has 3 aromatic rings. The predicted molar refractivity (Wildman–Crippen MR) is 98.6 cm³/mol. The molecular formula is C21H22N2O2. The molecular weight excluding hydrogens is 312 g/mol. The number of likely N-dealkylation sites (tertiary alicyclic amines) is 1. The number of aryl methyl sites for hydroxylation is 1. The van der Waals surface area contributed by atoms with E-state index >= 15 is 0 Å². The van der Waals surface area contributed by atoms with Gasteiger partial charge >= 0.3 is 0 Å². The molecule has 0 bridgehead atoms. The van der Waals surface area contributed by atoms with Gasteiger partial charge in [-0.05, 0) is 34.9 Å². The van der Waals surface area contributed by atoms with Crippen molar-refractivity contribution >= 4 is 16.7 Å². The molecule has 0 unspecified atom stereocenters. The minimum atomic E-state index is -0.542. The van der Waals surface area contributed by atoms with E-state index in [-0.39, 0.29) is 11.8 Å². The highest BCUT2D eigenvalue weighted by Crippen LogP contribution is 2.31. The Balaban J connectivity index is 1.53. The van der Waals surface area contributed by atoms with Crippen LogP contribution in [0.1, 0.15) is 28.4 Å². The first-order chi connectivity index (χ1) is 12.1. The van der Waals surface area contributed by atoms with Gasteiger partial charge in [0.2, 0.25) is 0 Å². The van der Waals surface area contributed by atoms with Crippen molar-refractivity contribution in [3.8, 4) is 0 Å². The minimum Gasteiger partial charge on any atom is -0.391 e. The van der Waals surface area contributed by atoms with Crippen molar-refractivity contribution in [2.75, 3.05) is 13.1 Å². The summed E-state index contributed by atoms with van der Waals surface area (Å²) in [7, 11) is 1.87. The lowest BCUT2D eigenvalue weighted by Gasteiger charge is -2.36. The number of nitrogens with zero attached hydrogens (tertiary/aromatic N) is 2. The number of benzene rings is 2. The van der Waals surface area contributed by atoms with E-state index < -0.39 is 6.10 Å². The molecule has 1 aliphatic rings. The summed E-state index contributed by atoms with van der Waals surface area (Å²) in [5, 5.41) is 13.1. The Bertz CT molecular complexity index is 915. The summed E-state index contributed by atoms with van der Waals surface area (Å²) in [6, 6.07) is 18.3. The van der Waals surface area contributed by atoms with Gasteiger partial charge in [0.05, 0.1) is 6.10 Å². The third-order valence-corrected chi connectivity index (χ3v) is 5.23. The molecule has 0 spiro atoms. The van der Waals surface area contributed by atoms with E-state index in [0.29, 0.717) is 18.8 Å². The van der Waals surface area contributed by atoms with E-state index in [0.717, 1.165) is 12.0 Å². The van der Waals surface area contributed by atoms with Gasteiger partial charge in [-0.2, -0.15) is 0 Å². The van der Waals surface area contributed by atoms with Crippen LogP contribution in [0.15, 0.2) is 60.8 Å². The summed E-state index contributed by atoms with van der Waals surface area (Å²) in [6.45, 7) is 1.04. The lowest BCUT2D eigenvalue weighted by molar-refractivity contribution is 0.0375. The standard InChI is InChI=1S/C21H22N2O2/c1-22-11-4-7-19(22)21(25)23-12-10-18(20(24)14-23)17-9-8-15-5-2-3-6-16(15)13-17/h2-9,11,13,18,20,24H,10,12,14H2,1H3/t18-,20+/m1/s1. The van der Waals surface area contributed by atoms with Gasteiger partial charge < -0.3 is 14.6 Å². The summed E-state index contributed by atoms with van der Waals surface area (Å²) in [6.07, 6.45) is 2.10. The molecule has 2 heterocycles. The fourth-order valence-electron chi connectivity index (χ4n) is 3.79. The molecule has 25 heavy (non-hydrogen) atoms. The number of aliphatic hydroxyl groups is 1. The Morgan fingerprint density at radius 2 is 1.88 bits per heavy atom. The molecule has 1 aromatic heterocycles. The van der Waals surface area contributed by atoms with Crippen molar-refractivity contribution in [2.45, 2.75) is 18.4 Å². The number of piperidine rings is 1. The molecule has 4 heteroatoms. The Kier molecular flexibility index (Phi) is 4.06. The third kappa shape index (κ3) is 2.94. The van der Waals surface area contributed by atoms with Gasteiger partial charge in [0, 0.05) is 32.3 Å². The van der Waals surface area contributed by atoms with E-state index in [1.807, 2.05) is 42.1 Å². The zero-order valence-corrected chi connectivity index (χ0v) is 14.3. The molecule has 4 rings (SSSR count). The number of rotatable bonds is 2. The maximum atomic E-state index is 12.6. The number of hydrogen-bond acceptors (Lipinski definition) is 2. The molecule has 1 saturated heterocycles. The molecule has 0 saturated carbocycles. The minimum absolute atomic E-state index is 0.0106. The van der Waals surface area contributed by atoms with Crippen LogP contribution in [0.3, 0.4) is 0 Å². The van der Waals surface area contributed by atoms with E-state index in [4.69, 9.17) is 0 Å². The second kappa shape index (κ2) is 6.37. The molecule has 2 atom stereocenters. The SMILES string of the molecule is Cn1cccc1C(=O)N1CC[C@H](c2ccc3ccccc3c2)[C@@H](O)C1. The van der Waals surface area contributed by atoms with Crippen LogP contribution in [0, 0.1) is 0 Å². The molecule has 4 nitrogen and oxygen atoms in total. The zero-order valence-electron chi connectivity index (χ0n) is 14.3. The average molecular weight is 334 g/mol. The Labute approximate surface area is 147 Å². The number of hydrogen-bond donors (Lipinski definition) is 1. The van der Waals surface area contributed by atoms with Crippen LogP contribution in [0.2, 0.25) is 0 Å². The lowest BCUT2D eigenvalue weighted by atomic mass is 9.86. The van der Waals surface area contributed by atoms with Crippen molar-refractivity contribution in [3.05, 3.63) is 72.1 Å². The van der Waals surface area contributed by atoms with Gasteiger partial charge in [-0.3, -0.25) is 4.79 Å². The van der Waals surface area contributed by atoms with Crippen LogP contribution in [0.4, 0.5) is 0 Å². The van der Waals surface area contributed by atoms with Crippen LogP contribution >= 0.6 is 0 Å². The fraction of sp³-hybridized carbons (Fsp3) is 0.286. The van der Waals surface area contributed by atoms with Crippen LogP contribution < -0.4 is 0 Å². The van der Waals surface area contributed by atoms with Crippen molar-refractivity contribution in [2.24, 2.45) is 7.05 Å². The van der Waals surface area contributed by atoms with Crippen LogP contribution in [-0.2, 0) is 7.05 Å². The van der Waals surface area contributed by atoms with Crippen molar-refractivity contribution in [1.29, 1.82) is 0 Å². The predicted octanol–water partition coefficient (Wildman–Crippen LogP) is 3.17. The first-order valence-corrected chi connectivity index (χ1v) is 8.71. The summed E-state index contributed by atoms with van der Waals surface area (Å²) >= 11 is 0. The largest absolute Gasteiger partial charge is 0.391 e. The average Bonchev–Trinajstić information content (AvgIpc) is 3.06. The smallest absolute Gasteiger partial charge is 0.270 e. The number of carbonyl (C=O) groups excluding carboxylic acids is 1. The van der Waals surface area contributed by atoms with Crippen molar-refractivity contribution in [3.63, 3.8) is 0 Å². The first-order valence-electron chi connectivity index (χ1n) is 8.71. The second-order valence-electron chi connectivity index (χ2n) is 6.82. The second-order valence-corrected chi connectivity index (χ2v) is 6.82. The first kappa shape index (κ1) is 15.9. The van der Waals surface area contributed by atoms with E-state index in [1.54, 1.807) is 4.90 Å². The highest BCUT2D eigenvalue weighted by molar-refractivity contribution is 5.93. The quantitative estimate of drug-likeness (QED) is 0.782. The van der Waals surface area contributed by atoms with Gasteiger partial charge in [-0.1, -0.05) is 42.5 Å². The number of amides is 1. The van der Waals surface area contributed by atoms with Gasteiger partial charge in [0.25, 0.3) is 5.91 Å². The van der Waals surface area contributed by atoms with Crippen LogP contribution in [-0.4, -0.2) is 39.7 Å².